The average molecular weight is 862 g/mol. The number of nitrogens with two attached hydrogens (primary N) is 2. The van der Waals surface area contributed by atoms with Gasteiger partial charge in [0.15, 0.2) is 22.9 Å². The summed E-state index contributed by atoms with van der Waals surface area (Å²) in [6.07, 6.45) is 52.6. The average Bonchev–Trinajstić information content (AvgIpc) is 3.26. The van der Waals surface area contributed by atoms with Gasteiger partial charge in [0, 0.05) is 24.8 Å². The Labute approximate surface area is 383 Å². The zero-order chi connectivity index (χ0) is 45.6. The molecule has 0 aliphatic heterocycles. The summed E-state index contributed by atoms with van der Waals surface area (Å²) >= 11 is 0. The predicted molar refractivity (Wildman–Crippen MR) is 271 cm³/mol. The second-order valence-corrected chi connectivity index (χ2v) is 19.6. The summed E-state index contributed by atoms with van der Waals surface area (Å²) in [7, 11) is 0. The Kier molecular flexibility index (Phi) is 47.7. The molecule has 0 unspecified atom stereocenters. The van der Waals surface area contributed by atoms with E-state index in [1.54, 1.807) is 0 Å². The SMILES string of the molecule is CCCCCCCCC(N)(CCCCCCCC)CCCCCCCC.CCCCCCCCCC(=O)C(N)(C(=O)CCCCCCCCC)C(=O)CCCCCCCCC. The van der Waals surface area contributed by atoms with Gasteiger partial charge in [0.2, 0.25) is 0 Å². The minimum absolute atomic E-state index is 0.139. The van der Waals surface area contributed by atoms with Crippen molar-refractivity contribution in [3.63, 3.8) is 0 Å². The monoisotopic (exact) mass is 861 g/mol. The van der Waals surface area contributed by atoms with Gasteiger partial charge in [0.25, 0.3) is 0 Å². The largest absolute Gasteiger partial charge is 0.325 e. The number of unbranched alkanes of at least 4 members (excludes halogenated alkanes) is 33. The lowest BCUT2D eigenvalue weighted by Crippen LogP contribution is -2.61. The summed E-state index contributed by atoms with van der Waals surface area (Å²) in [5.74, 6) is -1.02. The first-order valence-corrected chi connectivity index (χ1v) is 27.8. The van der Waals surface area contributed by atoms with E-state index >= 15 is 0 Å². The summed E-state index contributed by atoms with van der Waals surface area (Å²) in [6, 6.07) is 0. The summed E-state index contributed by atoms with van der Waals surface area (Å²) in [4.78, 5) is 39.4. The van der Waals surface area contributed by atoms with E-state index < -0.39 is 5.54 Å². The van der Waals surface area contributed by atoms with E-state index in [4.69, 9.17) is 11.5 Å². The number of hydrogen-bond acceptors (Lipinski definition) is 5. The first-order valence-electron chi connectivity index (χ1n) is 27.8. The second-order valence-electron chi connectivity index (χ2n) is 19.6. The Bertz CT molecular complexity index is 833. The topological polar surface area (TPSA) is 103 Å². The summed E-state index contributed by atoms with van der Waals surface area (Å²) in [5.41, 5.74) is 11.6. The smallest absolute Gasteiger partial charge is 0.193 e. The van der Waals surface area contributed by atoms with Crippen LogP contribution < -0.4 is 11.5 Å². The summed E-state index contributed by atoms with van der Waals surface area (Å²) < 4.78 is 0. The number of ketones is 3. The van der Waals surface area contributed by atoms with Gasteiger partial charge in [-0.1, -0.05) is 273 Å². The van der Waals surface area contributed by atoms with Crippen molar-refractivity contribution in [1.29, 1.82) is 0 Å². The minimum Gasteiger partial charge on any atom is -0.325 e. The van der Waals surface area contributed by atoms with E-state index in [-0.39, 0.29) is 42.2 Å². The predicted octanol–water partition coefficient (Wildman–Crippen LogP) is 17.7. The molecule has 0 aromatic carbocycles. The van der Waals surface area contributed by atoms with Gasteiger partial charge in [-0.2, -0.15) is 0 Å². The first kappa shape index (κ1) is 62.0. The van der Waals surface area contributed by atoms with Crippen molar-refractivity contribution in [3.05, 3.63) is 0 Å². The third-order valence-corrected chi connectivity index (χ3v) is 13.4. The fraction of sp³-hybridized carbons (Fsp3) is 0.946. The molecule has 0 aliphatic rings. The van der Waals surface area contributed by atoms with Crippen LogP contribution in [0.1, 0.15) is 330 Å². The molecule has 0 heterocycles. The molecule has 0 aromatic rings. The normalized spacial score (nSPS) is 11.8. The van der Waals surface area contributed by atoms with Gasteiger partial charge >= 0.3 is 0 Å². The first-order chi connectivity index (χ1) is 29.6. The maximum absolute atomic E-state index is 13.1. The molecule has 0 aliphatic carbocycles. The Hall–Kier alpha value is -1.07. The molecule has 0 spiro atoms. The van der Waals surface area contributed by atoms with Gasteiger partial charge in [0.1, 0.15) is 0 Å². The van der Waals surface area contributed by atoms with Crippen LogP contribution >= 0.6 is 0 Å². The lowest BCUT2D eigenvalue weighted by Gasteiger charge is -2.30. The molecule has 0 atom stereocenters. The maximum atomic E-state index is 13.1. The Morgan fingerprint density at radius 3 is 0.623 bits per heavy atom. The fourth-order valence-corrected chi connectivity index (χ4v) is 8.93. The lowest BCUT2D eigenvalue weighted by molar-refractivity contribution is -0.142. The standard InChI is InChI=1S/C31H59NO3.C25H53N/c1-4-7-10-13-16-19-22-25-28(33)31(32,29(34)26-23-20-17-14-11-8-5-2)30(35)27-24-21-18-15-12-9-6-3;1-4-7-10-13-16-19-22-25(26,23-20-17-14-11-8-5-2)24-21-18-15-12-9-6-3/h4-27,32H2,1-3H3;4-24,26H2,1-3H3. The van der Waals surface area contributed by atoms with E-state index in [9.17, 15) is 14.4 Å². The van der Waals surface area contributed by atoms with Gasteiger partial charge < -0.3 is 11.5 Å². The molecular formula is C56H112N2O3. The molecule has 4 N–H and O–H groups in total. The fourth-order valence-electron chi connectivity index (χ4n) is 8.93. The molecule has 0 amide bonds. The number of Topliss-reactive ketones (excluding diaryl/α,β-unsaturated/α-hetero) is 3. The molecule has 0 rings (SSSR count). The number of carbonyl (C=O) groups is 3. The Morgan fingerprint density at radius 1 is 0.262 bits per heavy atom. The van der Waals surface area contributed by atoms with E-state index in [2.05, 4.69) is 41.5 Å². The Balaban J connectivity index is 0. The van der Waals surface area contributed by atoms with Crippen LogP contribution in [0.5, 0.6) is 0 Å². The molecule has 364 valence electrons. The molecule has 5 heteroatoms. The van der Waals surface area contributed by atoms with Crippen LogP contribution in [0.3, 0.4) is 0 Å². The van der Waals surface area contributed by atoms with Gasteiger partial charge in [-0.15, -0.1) is 0 Å². The highest BCUT2D eigenvalue weighted by Crippen LogP contribution is 2.27. The second kappa shape index (κ2) is 46.9. The molecular weight excluding hydrogens is 749 g/mol. The highest BCUT2D eigenvalue weighted by molar-refractivity contribution is 6.29. The van der Waals surface area contributed by atoms with E-state index in [0.29, 0.717) is 0 Å². The van der Waals surface area contributed by atoms with E-state index in [1.807, 2.05) is 0 Å². The molecule has 5 nitrogen and oxygen atoms in total. The zero-order valence-corrected chi connectivity index (χ0v) is 42.7. The maximum Gasteiger partial charge on any atom is 0.193 e. The van der Waals surface area contributed by atoms with Gasteiger partial charge in [-0.05, 0) is 38.5 Å². The molecule has 61 heavy (non-hydrogen) atoms. The molecule has 0 aromatic heterocycles. The van der Waals surface area contributed by atoms with Crippen LogP contribution in [0.2, 0.25) is 0 Å². The van der Waals surface area contributed by atoms with Crippen LogP contribution in [0.15, 0.2) is 0 Å². The van der Waals surface area contributed by atoms with Crippen LogP contribution in [-0.2, 0) is 14.4 Å². The van der Waals surface area contributed by atoms with Crippen molar-refractivity contribution < 1.29 is 14.4 Å². The zero-order valence-electron chi connectivity index (χ0n) is 42.7. The van der Waals surface area contributed by atoms with Crippen LogP contribution in [0, 0.1) is 0 Å². The molecule has 0 saturated heterocycles. The molecule has 0 radical (unpaired) electrons. The molecule has 0 saturated carbocycles. The van der Waals surface area contributed by atoms with Crippen LogP contribution in [-0.4, -0.2) is 28.4 Å². The van der Waals surface area contributed by atoms with Crippen molar-refractivity contribution in [1.82, 2.24) is 0 Å². The lowest BCUT2D eigenvalue weighted by atomic mass is 9.79. The highest BCUT2D eigenvalue weighted by Gasteiger charge is 2.46. The van der Waals surface area contributed by atoms with Crippen LogP contribution in [0.25, 0.3) is 0 Å². The molecule has 0 fully saturated rings. The highest BCUT2D eigenvalue weighted by atomic mass is 16.2. The van der Waals surface area contributed by atoms with E-state index in [0.717, 1.165) is 57.8 Å². The summed E-state index contributed by atoms with van der Waals surface area (Å²) in [5, 5.41) is 0. The third-order valence-electron chi connectivity index (χ3n) is 13.4. The summed E-state index contributed by atoms with van der Waals surface area (Å²) in [6.45, 7) is 13.5. The minimum atomic E-state index is -1.91. The number of rotatable bonds is 48. The number of hydrogen-bond donors (Lipinski definition) is 2. The van der Waals surface area contributed by atoms with Crippen molar-refractivity contribution in [3.8, 4) is 0 Å². The molecule has 0 bridgehead atoms. The third kappa shape index (κ3) is 38.0. The van der Waals surface area contributed by atoms with Crippen LogP contribution in [0.4, 0.5) is 0 Å². The van der Waals surface area contributed by atoms with Gasteiger partial charge in [0.05, 0.1) is 0 Å². The quantitative estimate of drug-likeness (QED) is 0.0468. The van der Waals surface area contributed by atoms with E-state index in [1.165, 1.54) is 212 Å². The van der Waals surface area contributed by atoms with Gasteiger partial charge in [-0.3, -0.25) is 14.4 Å². The van der Waals surface area contributed by atoms with Crippen molar-refractivity contribution >= 4 is 17.3 Å². The van der Waals surface area contributed by atoms with Crippen molar-refractivity contribution in [2.24, 2.45) is 11.5 Å². The van der Waals surface area contributed by atoms with Crippen molar-refractivity contribution in [2.75, 3.05) is 0 Å². The number of carbonyl (C=O) groups excluding carboxylic acids is 3. The van der Waals surface area contributed by atoms with Crippen molar-refractivity contribution in [2.45, 2.75) is 342 Å². The van der Waals surface area contributed by atoms with Gasteiger partial charge in [-0.25, -0.2) is 0 Å². The Morgan fingerprint density at radius 2 is 0.426 bits per heavy atom.